The summed E-state index contributed by atoms with van der Waals surface area (Å²) in [5, 5.41) is 15.5. The maximum absolute atomic E-state index is 13.5. The highest BCUT2D eigenvalue weighted by atomic mass is 16.5. The van der Waals surface area contributed by atoms with Crippen molar-refractivity contribution >= 4 is 11.8 Å². The number of aromatic nitrogens is 3. The number of methoxy groups -OCH3 is 2. The van der Waals surface area contributed by atoms with Crippen molar-refractivity contribution in [2.45, 2.75) is 143 Å². The van der Waals surface area contributed by atoms with Gasteiger partial charge in [-0.05, 0) is 88.2 Å². The summed E-state index contributed by atoms with van der Waals surface area (Å²) in [6, 6.07) is 0. The summed E-state index contributed by atoms with van der Waals surface area (Å²) in [7, 11) is 5.40. The van der Waals surface area contributed by atoms with Crippen LogP contribution in [0.25, 0.3) is 0 Å². The van der Waals surface area contributed by atoms with Gasteiger partial charge >= 0.3 is 0 Å². The number of nitrogens with zero attached hydrogens (tertiary/aromatic N) is 5. The molecule has 0 spiro atoms. The van der Waals surface area contributed by atoms with Crippen molar-refractivity contribution in [2.24, 2.45) is 5.41 Å². The van der Waals surface area contributed by atoms with Crippen molar-refractivity contribution in [1.29, 1.82) is 0 Å². The molecule has 57 heavy (non-hydrogen) atoms. The van der Waals surface area contributed by atoms with Crippen LogP contribution < -0.4 is 10.6 Å². The van der Waals surface area contributed by atoms with Crippen LogP contribution in [0.2, 0.25) is 0 Å². The molecule has 0 radical (unpaired) electrons. The van der Waals surface area contributed by atoms with E-state index in [0.717, 1.165) is 30.9 Å². The van der Waals surface area contributed by atoms with Gasteiger partial charge < -0.3 is 48.9 Å². The summed E-state index contributed by atoms with van der Waals surface area (Å²) < 4.78 is 37.0. The van der Waals surface area contributed by atoms with Crippen LogP contribution in [0, 0.1) is 5.41 Å². The van der Waals surface area contributed by atoms with Crippen LogP contribution >= 0.6 is 0 Å². The molecule has 0 bridgehead atoms. The molecule has 0 aromatic carbocycles. The molecule has 0 saturated carbocycles. The van der Waals surface area contributed by atoms with E-state index in [9.17, 15) is 9.59 Å². The minimum absolute atomic E-state index is 0.0242. The molecule has 2 atom stereocenters. The van der Waals surface area contributed by atoms with Gasteiger partial charge in [0.15, 0.2) is 0 Å². The molecule has 0 unspecified atom stereocenters. The summed E-state index contributed by atoms with van der Waals surface area (Å²) in [6.07, 6.45) is 2.29. The topological polar surface area (TPSA) is 151 Å². The maximum Gasteiger partial charge on any atom is 0.222 e. The van der Waals surface area contributed by atoms with E-state index in [1.807, 2.05) is 9.58 Å². The highest BCUT2D eigenvalue weighted by molar-refractivity contribution is 5.79. The number of fused-ring (bicyclic) bond motifs is 1. The summed E-state index contributed by atoms with van der Waals surface area (Å²) in [4.78, 5) is 30.2. The van der Waals surface area contributed by atoms with Crippen LogP contribution in [-0.4, -0.2) is 160 Å². The van der Waals surface area contributed by atoms with E-state index in [4.69, 9.17) is 28.4 Å². The van der Waals surface area contributed by atoms with Gasteiger partial charge in [0.25, 0.3) is 0 Å². The lowest BCUT2D eigenvalue weighted by Crippen LogP contribution is -2.46. The van der Waals surface area contributed by atoms with Crippen LogP contribution in [0.3, 0.4) is 0 Å². The Bertz CT molecular complexity index is 1290. The Morgan fingerprint density at radius 3 is 2.02 bits per heavy atom. The van der Waals surface area contributed by atoms with Crippen LogP contribution in [0.4, 0.5) is 0 Å². The third-order valence-electron chi connectivity index (χ3n) is 10.0. The Balaban J connectivity index is 1.75. The summed E-state index contributed by atoms with van der Waals surface area (Å²) in [5.74, 6) is -0.0971. The molecule has 2 rings (SSSR count). The smallest absolute Gasteiger partial charge is 0.222 e. The van der Waals surface area contributed by atoms with E-state index in [2.05, 4.69) is 102 Å². The van der Waals surface area contributed by atoms with Gasteiger partial charge in [0.1, 0.15) is 17.9 Å². The van der Waals surface area contributed by atoms with Crippen LogP contribution in [0.15, 0.2) is 0 Å². The second-order valence-electron chi connectivity index (χ2n) is 18.8. The van der Waals surface area contributed by atoms with Crippen molar-refractivity contribution < 1.29 is 38.0 Å². The number of carbonyl (C=O) groups excluding carboxylic acids is 2. The lowest BCUT2D eigenvalue weighted by molar-refractivity contribution is -0.135. The minimum atomic E-state index is -0.525. The molecule has 1 aromatic rings. The molecular weight excluding hydrogens is 731 g/mol. The van der Waals surface area contributed by atoms with Crippen LogP contribution in [0.1, 0.15) is 119 Å². The first kappa shape index (κ1) is 50.9. The average molecular weight is 812 g/mol. The molecule has 2 N–H and O–H groups in total. The van der Waals surface area contributed by atoms with E-state index in [1.54, 1.807) is 14.2 Å². The number of hydrogen-bond acceptors (Lipinski definition) is 12. The molecular formula is C42H81N7O8. The maximum atomic E-state index is 13.5. The zero-order valence-corrected chi connectivity index (χ0v) is 38.1. The molecule has 1 aliphatic rings. The molecule has 0 saturated heterocycles. The Kier molecular flexibility index (Phi) is 22.1. The van der Waals surface area contributed by atoms with Gasteiger partial charge in [-0.3, -0.25) is 9.59 Å². The van der Waals surface area contributed by atoms with Gasteiger partial charge in [-0.25, -0.2) is 4.68 Å². The third kappa shape index (κ3) is 20.5. The van der Waals surface area contributed by atoms with Crippen LogP contribution in [-0.2, 0) is 51.0 Å². The van der Waals surface area contributed by atoms with Crippen molar-refractivity contribution in [3.63, 3.8) is 0 Å². The quantitative estimate of drug-likeness (QED) is 0.121. The fraction of sp³-hybridized carbons (Fsp3) is 0.905. The average Bonchev–Trinajstić information content (AvgIpc) is 3.48. The lowest BCUT2D eigenvalue weighted by Gasteiger charge is -2.39. The Labute approximate surface area is 344 Å². The third-order valence-corrected chi connectivity index (χ3v) is 10.0. The van der Waals surface area contributed by atoms with Crippen LogP contribution in [0.5, 0.6) is 0 Å². The second kappa shape index (κ2) is 24.7. The van der Waals surface area contributed by atoms with E-state index in [-0.39, 0.29) is 41.1 Å². The normalized spacial score (nSPS) is 17.1. The molecule has 1 aliphatic heterocycles. The van der Waals surface area contributed by atoms with Gasteiger partial charge in [0.05, 0.1) is 50.9 Å². The van der Waals surface area contributed by atoms with E-state index in [0.29, 0.717) is 91.7 Å². The van der Waals surface area contributed by atoms with Gasteiger partial charge in [-0.15, -0.1) is 5.10 Å². The highest BCUT2D eigenvalue weighted by Gasteiger charge is 2.36. The SMILES string of the molecule is CO[C@H]1CN(C(=O)CCCC(=O)NCCCOCCOCCOCCCNC(C)(C)C)CCc2c(nnn2CC(C)(C)OCC(C)(C)CN(C)C(C)(C)C)[C@@H]1OC. The van der Waals surface area contributed by atoms with Gasteiger partial charge in [-0.2, -0.15) is 0 Å². The van der Waals surface area contributed by atoms with Crippen molar-refractivity contribution in [3.8, 4) is 0 Å². The number of hydrogen-bond donors (Lipinski definition) is 2. The standard InChI is InChI=1S/C42H81N7O8/c1-39(2,3)44-21-16-24-55-26-28-56-27-25-54-23-15-20-43-35(50)17-14-18-36(51)48-22-19-33-37(38(53-13)34(29-48)52-12)45-46-49(33)31-42(9,10)57-32-41(7,8)30-47(11)40(4,5)6/h34,38,44H,14-32H2,1-13H3,(H,43,50)/t34-,38+/m0/s1. The Morgan fingerprint density at radius 1 is 0.825 bits per heavy atom. The molecule has 15 nitrogen and oxygen atoms in total. The molecule has 2 heterocycles. The first-order valence-electron chi connectivity index (χ1n) is 21.0. The first-order valence-corrected chi connectivity index (χ1v) is 21.0. The number of rotatable bonds is 27. The molecule has 0 aliphatic carbocycles. The summed E-state index contributed by atoms with van der Waals surface area (Å²) >= 11 is 0. The van der Waals surface area contributed by atoms with Crippen molar-refractivity contribution in [2.75, 3.05) is 100 Å². The summed E-state index contributed by atoms with van der Waals surface area (Å²) in [6.45, 7) is 29.3. The zero-order valence-electron chi connectivity index (χ0n) is 38.1. The predicted octanol–water partition coefficient (Wildman–Crippen LogP) is 4.42. The van der Waals surface area contributed by atoms with E-state index in [1.165, 1.54) is 0 Å². The van der Waals surface area contributed by atoms with Crippen molar-refractivity contribution in [1.82, 2.24) is 35.4 Å². The molecule has 2 amide bonds. The predicted molar refractivity (Wildman–Crippen MR) is 223 cm³/mol. The number of amides is 2. The molecule has 0 fully saturated rings. The second-order valence-corrected chi connectivity index (χ2v) is 18.8. The first-order chi connectivity index (χ1) is 26.7. The monoisotopic (exact) mass is 812 g/mol. The molecule has 15 heteroatoms. The van der Waals surface area contributed by atoms with Gasteiger partial charge in [0.2, 0.25) is 11.8 Å². The van der Waals surface area contributed by atoms with E-state index < -0.39 is 17.8 Å². The van der Waals surface area contributed by atoms with Gasteiger partial charge in [-0.1, -0.05) is 19.1 Å². The Morgan fingerprint density at radius 2 is 1.44 bits per heavy atom. The number of ether oxygens (including phenoxy) is 6. The molecule has 1 aromatic heterocycles. The fourth-order valence-corrected chi connectivity index (χ4v) is 6.41. The van der Waals surface area contributed by atoms with E-state index >= 15 is 0 Å². The Hall–Kier alpha value is -2.24. The fourth-order valence-electron chi connectivity index (χ4n) is 6.41. The number of nitrogens with one attached hydrogen (secondary N) is 2. The zero-order chi connectivity index (χ0) is 42.7. The van der Waals surface area contributed by atoms with Crippen molar-refractivity contribution in [3.05, 3.63) is 11.4 Å². The molecule has 332 valence electrons. The number of carbonyl (C=O) groups is 2. The largest absolute Gasteiger partial charge is 0.379 e. The summed E-state index contributed by atoms with van der Waals surface area (Å²) in [5.41, 5.74) is 1.25. The van der Waals surface area contributed by atoms with Gasteiger partial charge in [0, 0.05) is 89.4 Å². The highest BCUT2D eigenvalue weighted by Crippen LogP contribution is 2.30. The lowest BCUT2D eigenvalue weighted by atomic mass is 9.91. The minimum Gasteiger partial charge on any atom is -0.379 e.